The summed E-state index contributed by atoms with van der Waals surface area (Å²) in [6, 6.07) is 8.09. The molecule has 1 aromatic heterocycles. The van der Waals surface area contributed by atoms with Crippen LogP contribution in [-0.4, -0.2) is 39.8 Å². The molecule has 27 heavy (non-hydrogen) atoms. The van der Waals surface area contributed by atoms with Crippen molar-refractivity contribution in [2.75, 3.05) is 18.5 Å². The van der Waals surface area contributed by atoms with Crippen molar-refractivity contribution in [3.05, 3.63) is 57.0 Å². The number of aromatic nitrogens is 2. The average Bonchev–Trinajstić information content (AvgIpc) is 2.64. The molecule has 0 saturated carbocycles. The Labute approximate surface area is 160 Å². The quantitative estimate of drug-likeness (QED) is 0.862. The highest BCUT2D eigenvalue weighted by Crippen LogP contribution is 2.16. The van der Waals surface area contributed by atoms with Crippen LogP contribution in [0.15, 0.2) is 35.1 Å². The van der Waals surface area contributed by atoms with Crippen molar-refractivity contribution in [3.8, 4) is 0 Å². The molecule has 3 rings (SSSR count). The van der Waals surface area contributed by atoms with Crippen molar-refractivity contribution in [2.24, 2.45) is 0 Å². The third kappa shape index (κ3) is 4.65. The maximum Gasteiger partial charge on any atom is 0.410 e. The zero-order chi connectivity index (χ0) is 19.4. The number of hydrogen-bond donors (Lipinski definition) is 1. The van der Waals surface area contributed by atoms with Crippen LogP contribution in [0.25, 0.3) is 0 Å². The van der Waals surface area contributed by atoms with Gasteiger partial charge in [0, 0.05) is 35.3 Å². The third-order valence-corrected chi connectivity index (χ3v) is 4.34. The maximum atomic E-state index is 12.3. The van der Waals surface area contributed by atoms with Crippen LogP contribution in [0, 0.1) is 0 Å². The van der Waals surface area contributed by atoms with Gasteiger partial charge in [-0.15, -0.1) is 0 Å². The van der Waals surface area contributed by atoms with Crippen LogP contribution < -0.4 is 10.9 Å². The van der Waals surface area contributed by atoms with E-state index in [1.807, 2.05) is 0 Å². The van der Waals surface area contributed by atoms with Crippen LogP contribution in [0.1, 0.15) is 18.2 Å². The van der Waals surface area contributed by atoms with Crippen LogP contribution in [0.4, 0.5) is 10.5 Å². The van der Waals surface area contributed by atoms with E-state index >= 15 is 0 Å². The third-order valence-electron chi connectivity index (χ3n) is 4.09. The molecule has 1 aliphatic heterocycles. The average molecular weight is 391 g/mol. The van der Waals surface area contributed by atoms with Crippen molar-refractivity contribution in [1.82, 2.24) is 14.7 Å². The van der Waals surface area contributed by atoms with Crippen molar-refractivity contribution < 1.29 is 14.3 Å². The van der Waals surface area contributed by atoms with Crippen LogP contribution in [-0.2, 0) is 29.0 Å². The van der Waals surface area contributed by atoms with E-state index in [9.17, 15) is 14.4 Å². The highest BCUT2D eigenvalue weighted by atomic mass is 35.5. The Kier molecular flexibility index (Phi) is 5.75. The van der Waals surface area contributed by atoms with Gasteiger partial charge in [0.25, 0.3) is 5.56 Å². The molecule has 142 valence electrons. The van der Waals surface area contributed by atoms with Crippen molar-refractivity contribution in [3.63, 3.8) is 0 Å². The number of carbonyl (C=O) groups excluding carboxylic acids is 2. The van der Waals surface area contributed by atoms with Gasteiger partial charge < -0.3 is 15.0 Å². The normalized spacial score (nSPS) is 13.0. The number of benzene rings is 1. The van der Waals surface area contributed by atoms with Gasteiger partial charge in [-0.05, 0) is 31.2 Å². The van der Waals surface area contributed by atoms with Gasteiger partial charge in [-0.2, -0.15) is 5.10 Å². The number of anilines is 1. The van der Waals surface area contributed by atoms with E-state index in [2.05, 4.69) is 10.4 Å². The first-order chi connectivity index (χ1) is 13.0. The first-order valence-electron chi connectivity index (χ1n) is 8.53. The van der Waals surface area contributed by atoms with Crippen molar-refractivity contribution in [2.45, 2.75) is 26.4 Å². The van der Waals surface area contributed by atoms with Crippen LogP contribution in [0.5, 0.6) is 0 Å². The second-order valence-electron chi connectivity index (χ2n) is 6.04. The molecule has 2 heterocycles. The Bertz CT molecular complexity index is 911. The number of carbonyl (C=O) groups is 2. The van der Waals surface area contributed by atoms with Gasteiger partial charge in [0.15, 0.2) is 0 Å². The monoisotopic (exact) mass is 390 g/mol. The molecule has 0 bridgehead atoms. The summed E-state index contributed by atoms with van der Waals surface area (Å²) in [6.45, 7) is 2.56. The number of ether oxygens (including phenoxy) is 1. The molecule has 1 aromatic carbocycles. The van der Waals surface area contributed by atoms with Crippen LogP contribution in [0.3, 0.4) is 0 Å². The molecule has 0 radical (unpaired) electrons. The Morgan fingerprint density at radius 3 is 2.74 bits per heavy atom. The summed E-state index contributed by atoms with van der Waals surface area (Å²) in [5.41, 5.74) is 1.56. The van der Waals surface area contributed by atoms with Crippen molar-refractivity contribution in [1.29, 1.82) is 0 Å². The number of amides is 2. The molecule has 2 amide bonds. The van der Waals surface area contributed by atoms with Gasteiger partial charge in [-0.3, -0.25) is 9.59 Å². The molecule has 0 aliphatic carbocycles. The lowest BCUT2D eigenvalue weighted by Crippen LogP contribution is -2.39. The number of hydrogen-bond acceptors (Lipinski definition) is 5. The predicted molar refractivity (Wildman–Crippen MR) is 99.7 cm³/mol. The fourth-order valence-corrected chi connectivity index (χ4v) is 2.92. The molecule has 0 unspecified atom stereocenters. The molecule has 2 aromatic rings. The molecule has 0 fully saturated rings. The molecular weight excluding hydrogens is 372 g/mol. The summed E-state index contributed by atoms with van der Waals surface area (Å²) in [5, 5.41) is 7.55. The molecule has 0 saturated heterocycles. The van der Waals surface area contributed by atoms with Crippen LogP contribution >= 0.6 is 11.6 Å². The van der Waals surface area contributed by atoms with Gasteiger partial charge in [0.1, 0.15) is 6.54 Å². The minimum Gasteiger partial charge on any atom is -0.450 e. The Morgan fingerprint density at radius 2 is 2.04 bits per heavy atom. The van der Waals surface area contributed by atoms with E-state index in [0.29, 0.717) is 41.5 Å². The first-order valence-corrected chi connectivity index (χ1v) is 8.91. The van der Waals surface area contributed by atoms with Gasteiger partial charge in [-0.1, -0.05) is 11.6 Å². The summed E-state index contributed by atoms with van der Waals surface area (Å²) in [6.07, 6.45) is 0.0856. The second-order valence-corrected chi connectivity index (χ2v) is 6.47. The Hall–Kier alpha value is -2.87. The molecular formula is C18H19ClN4O4. The second kappa shape index (κ2) is 8.22. The zero-order valence-electron chi connectivity index (χ0n) is 14.8. The number of nitrogens with zero attached hydrogens (tertiary/aromatic N) is 3. The van der Waals surface area contributed by atoms with Gasteiger partial charge in [0.2, 0.25) is 5.91 Å². The molecule has 1 aliphatic rings. The molecule has 0 spiro atoms. The molecule has 8 nitrogen and oxygen atoms in total. The number of rotatable bonds is 4. The SMILES string of the molecule is CCOC(=O)N1CCc2nn(CC(=O)Nc3ccc(Cl)cc3)c(=O)cc2C1. The molecule has 0 atom stereocenters. The standard InChI is InChI=1S/C18H19ClN4O4/c1-2-27-18(26)22-8-7-15-12(10-22)9-17(25)23(21-15)11-16(24)20-14-5-3-13(19)4-6-14/h3-6,9H,2,7-8,10-11H2,1H3,(H,20,24). The molecule has 9 heteroatoms. The van der Waals surface area contributed by atoms with Gasteiger partial charge >= 0.3 is 6.09 Å². The molecule has 1 N–H and O–H groups in total. The van der Waals surface area contributed by atoms with E-state index in [4.69, 9.17) is 16.3 Å². The van der Waals surface area contributed by atoms with E-state index < -0.39 is 11.7 Å². The zero-order valence-corrected chi connectivity index (χ0v) is 15.5. The lowest BCUT2D eigenvalue weighted by Gasteiger charge is -2.27. The summed E-state index contributed by atoms with van der Waals surface area (Å²) in [5.74, 6) is -0.365. The van der Waals surface area contributed by atoms with Gasteiger partial charge in [0.05, 0.1) is 18.8 Å². The Morgan fingerprint density at radius 1 is 1.30 bits per heavy atom. The lowest BCUT2D eigenvalue weighted by atomic mass is 10.1. The fourth-order valence-electron chi connectivity index (χ4n) is 2.79. The summed E-state index contributed by atoms with van der Waals surface area (Å²) >= 11 is 5.81. The summed E-state index contributed by atoms with van der Waals surface area (Å²) in [7, 11) is 0. The predicted octanol–water partition coefficient (Wildman–Crippen LogP) is 2.05. The highest BCUT2D eigenvalue weighted by molar-refractivity contribution is 6.30. The summed E-state index contributed by atoms with van der Waals surface area (Å²) < 4.78 is 6.12. The maximum absolute atomic E-state index is 12.3. The van der Waals surface area contributed by atoms with E-state index in [0.717, 1.165) is 4.68 Å². The largest absolute Gasteiger partial charge is 0.450 e. The van der Waals surface area contributed by atoms with E-state index in [1.165, 1.54) is 11.0 Å². The van der Waals surface area contributed by atoms with Crippen molar-refractivity contribution >= 4 is 29.3 Å². The highest BCUT2D eigenvalue weighted by Gasteiger charge is 2.24. The number of halogens is 1. The Balaban J connectivity index is 1.69. The van der Waals surface area contributed by atoms with Crippen LogP contribution in [0.2, 0.25) is 5.02 Å². The lowest BCUT2D eigenvalue weighted by molar-refractivity contribution is -0.117. The topological polar surface area (TPSA) is 93.5 Å². The van der Waals surface area contributed by atoms with E-state index in [-0.39, 0.29) is 19.0 Å². The summed E-state index contributed by atoms with van der Waals surface area (Å²) in [4.78, 5) is 37.9. The first kappa shape index (κ1) is 18.9. The van der Waals surface area contributed by atoms with E-state index in [1.54, 1.807) is 31.2 Å². The minimum absolute atomic E-state index is 0.198. The minimum atomic E-state index is -0.408. The fraction of sp³-hybridized carbons (Fsp3) is 0.333. The smallest absolute Gasteiger partial charge is 0.410 e. The number of fused-ring (bicyclic) bond motifs is 1. The number of nitrogens with one attached hydrogen (secondary N) is 1. The van der Waals surface area contributed by atoms with Gasteiger partial charge in [-0.25, -0.2) is 9.48 Å².